The number of ether oxygens (including phenoxy) is 1. The number of hydrogen-bond donors (Lipinski definition) is 0. The minimum Gasteiger partial charge on any atom is -0.373 e. The molecule has 0 amide bonds. The molecule has 1 fully saturated rings. The van der Waals surface area contributed by atoms with Crippen LogP contribution in [0.2, 0.25) is 0 Å². The first-order chi connectivity index (χ1) is 8.65. The van der Waals surface area contributed by atoms with Crippen LogP contribution < -0.4 is 0 Å². The molecule has 1 aliphatic rings. The van der Waals surface area contributed by atoms with E-state index < -0.39 is 4.92 Å². The summed E-state index contributed by atoms with van der Waals surface area (Å²) in [5.74, 6) is -0.290. The number of rotatable bonds is 3. The molecule has 0 atom stereocenters. The van der Waals surface area contributed by atoms with Gasteiger partial charge in [-0.15, -0.1) is 0 Å². The lowest BCUT2D eigenvalue weighted by Gasteiger charge is -2.30. The molecule has 96 valence electrons. The molecular formula is C12H13FN2O3. The van der Waals surface area contributed by atoms with Crippen molar-refractivity contribution in [1.29, 1.82) is 0 Å². The fourth-order valence-electron chi connectivity index (χ4n) is 1.82. The second-order valence-corrected chi connectivity index (χ2v) is 4.01. The maximum absolute atomic E-state index is 12.8. The van der Waals surface area contributed by atoms with E-state index in [0.29, 0.717) is 25.4 Å². The fourth-order valence-corrected chi connectivity index (χ4v) is 1.82. The number of benzene rings is 1. The molecule has 0 aromatic heterocycles. The Labute approximate surface area is 104 Å². The van der Waals surface area contributed by atoms with E-state index in [2.05, 4.69) is 0 Å². The predicted molar refractivity (Wildman–Crippen MR) is 62.7 cm³/mol. The Hall–Kier alpha value is -1.95. The van der Waals surface area contributed by atoms with Gasteiger partial charge in [-0.05, 0) is 17.7 Å². The van der Waals surface area contributed by atoms with Gasteiger partial charge in [-0.3, -0.25) is 10.1 Å². The Balaban J connectivity index is 2.10. The smallest absolute Gasteiger partial charge is 0.255 e. The number of nitro groups is 1. The zero-order valence-corrected chi connectivity index (χ0v) is 9.71. The van der Waals surface area contributed by atoms with Crippen molar-refractivity contribution >= 4 is 0 Å². The molecule has 18 heavy (non-hydrogen) atoms. The topological polar surface area (TPSA) is 55.6 Å². The lowest BCUT2D eigenvalue weighted by molar-refractivity contribution is -0.405. The maximum Gasteiger partial charge on any atom is 0.255 e. The molecule has 0 unspecified atom stereocenters. The minimum absolute atomic E-state index is 0.238. The van der Waals surface area contributed by atoms with Crippen LogP contribution in [0.4, 0.5) is 4.39 Å². The van der Waals surface area contributed by atoms with Crippen LogP contribution in [0.25, 0.3) is 0 Å². The lowest BCUT2D eigenvalue weighted by Crippen LogP contribution is -2.34. The van der Waals surface area contributed by atoms with Crippen molar-refractivity contribution in [2.75, 3.05) is 19.8 Å². The summed E-state index contributed by atoms with van der Waals surface area (Å²) in [5.41, 5.74) is 1.45. The molecule has 1 heterocycles. The number of hydrogen-bond acceptors (Lipinski definition) is 4. The summed E-state index contributed by atoms with van der Waals surface area (Å²) in [6.45, 7) is 1.89. The molecule has 0 bridgehead atoms. The lowest BCUT2D eigenvalue weighted by atomic mass is 10.2. The molecule has 1 aromatic rings. The van der Waals surface area contributed by atoms with E-state index in [-0.39, 0.29) is 12.4 Å². The largest absolute Gasteiger partial charge is 0.373 e. The highest BCUT2D eigenvalue weighted by Gasteiger charge is 2.18. The molecule has 2 rings (SSSR count). The van der Waals surface area contributed by atoms with Crippen LogP contribution in [0, 0.1) is 15.9 Å². The van der Waals surface area contributed by atoms with Crippen LogP contribution in [0.3, 0.4) is 0 Å². The van der Waals surface area contributed by atoms with Crippen molar-refractivity contribution in [1.82, 2.24) is 4.90 Å². The molecule has 0 radical (unpaired) electrons. The Bertz CT molecular complexity index is 459. The average molecular weight is 252 g/mol. The zero-order valence-electron chi connectivity index (χ0n) is 9.71. The van der Waals surface area contributed by atoms with E-state index in [1.807, 2.05) is 4.90 Å². The summed E-state index contributed by atoms with van der Waals surface area (Å²) in [7, 11) is 0. The maximum atomic E-state index is 12.8. The van der Waals surface area contributed by atoms with Crippen molar-refractivity contribution in [3.05, 3.63) is 57.7 Å². The highest BCUT2D eigenvalue weighted by Crippen LogP contribution is 2.15. The van der Waals surface area contributed by atoms with Gasteiger partial charge in [0.25, 0.3) is 6.20 Å². The van der Waals surface area contributed by atoms with E-state index >= 15 is 0 Å². The van der Waals surface area contributed by atoms with Gasteiger partial charge in [-0.1, -0.05) is 12.1 Å². The van der Waals surface area contributed by atoms with Gasteiger partial charge >= 0.3 is 0 Å². The molecule has 1 aromatic carbocycles. The van der Waals surface area contributed by atoms with Gasteiger partial charge in [-0.2, -0.15) is 0 Å². The zero-order chi connectivity index (χ0) is 13.0. The van der Waals surface area contributed by atoms with E-state index in [1.54, 1.807) is 12.1 Å². The first-order valence-electron chi connectivity index (χ1n) is 5.56. The van der Waals surface area contributed by atoms with Gasteiger partial charge in [0.05, 0.1) is 18.1 Å². The molecule has 1 aliphatic heterocycles. The molecule has 0 N–H and O–H groups in total. The summed E-state index contributed by atoms with van der Waals surface area (Å²) in [6.07, 6.45) is 0.961. The molecule has 6 heteroatoms. The number of morpholine rings is 1. The highest BCUT2D eigenvalue weighted by atomic mass is 19.1. The number of nitrogens with zero attached hydrogens (tertiary/aromatic N) is 2. The second-order valence-electron chi connectivity index (χ2n) is 4.01. The van der Waals surface area contributed by atoms with Crippen molar-refractivity contribution in [3.8, 4) is 0 Å². The highest BCUT2D eigenvalue weighted by molar-refractivity contribution is 5.17. The van der Waals surface area contributed by atoms with Crippen LogP contribution in [-0.4, -0.2) is 29.6 Å². The third-order valence-electron chi connectivity index (χ3n) is 2.70. The fraction of sp³-hybridized carbons (Fsp3) is 0.333. The second kappa shape index (κ2) is 5.59. The Kier molecular flexibility index (Phi) is 3.88. The molecule has 0 saturated carbocycles. The Morgan fingerprint density at radius 2 is 2.17 bits per heavy atom. The van der Waals surface area contributed by atoms with Gasteiger partial charge in [-0.25, -0.2) is 4.39 Å². The third kappa shape index (κ3) is 3.27. The quantitative estimate of drug-likeness (QED) is 0.607. The predicted octanol–water partition coefficient (Wildman–Crippen LogP) is 1.78. The van der Waals surface area contributed by atoms with Crippen LogP contribution in [-0.2, 0) is 11.3 Å². The number of halogens is 1. The van der Waals surface area contributed by atoms with Crippen molar-refractivity contribution in [2.24, 2.45) is 0 Å². The summed E-state index contributed by atoms with van der Waals surface area (Å²) in [6, 6.07) is 6.11. The van der Waals surface area contributed by atoms with Gasteiger partial charge in [0.2, 0.25) is 0 Å². The first-order valence-corrected chi connectivity index (χ1v) is 5.56. The normalized spacial score (nSPS) is 18.1. The standard InChI is InChI=1S/C12H13FN2O3/c13-11-3-1-10(2-4-11)7-14-5-6-18-9-12(14)8-15(16)17/h1-4,8H,5-7,9H2/b12-8-. The van der Waals surface area contributed by atoms with Crippen LogP contribution in [0.15, 0.2) is 36.2 Å². The minimum atomic E-state index is -0.484. The van der Waals surface area contributed by atoms with Gasteiger partial charge in [0, 0.05) is 13.1 Å². The summed E-state index contributed by atoms with van der Waals surface area (Å²) < 4.78 is 18.0. The van der Waals surface area contributed by atoms with Crippen molar-refractivity contribution in [2.45, 2.75) is 6.54 Å². The first kappa shape index (κ1) is 12.5. The van der Waals surface area contributed by atoms with E-state index in [1.165, 1.54) is 12.1 Å². The van der Waals surface area contributed by atoms with Crippen LogP contribution >= 0.6 is 0 Å². The Morgan fingerprint density at radius 1 is 1.44 bits per heavy atom. The summed E-state index contributed by atoms with van der Waals surface area (Å²) >= 11 is 0. The van der Waals surface area contributed by atoms with Crippen molar-refractivity contribution in [3.63, 3.8) is 0 Å². The van der Waals surface area contributed by atoms with Gasteiger partial charge in [0.1, 0.15) is 11.5 Å². The third-order valence-corrected chi connectivity index (χ3v) is 2.70. The molecular weight excluding hydrogens is 239 g/mol. The average Bonchev–Trinajstić information content (AvgIpc) is 2.34. The van der Waals surface area contributed by atoms with E-state index in [0.717, 1.165) is 11.8 Å². The summed E-state index contributed by atoms with van der Waals surface area (Å²) in [4.78, 5) is 11.9. The van der Waals surface area contributed by atoms with Crippen LogP contribution in [0.5, 0.6) is 0 Å². The molecule has 5 nitrogen and oxygen atoms in total. The van der Waals surface area contributed by atoms with E-state index in [4.69, 9.17) is 4.74 Å². The molecule has 0 aliphatic carbocycles. The SMILES string of the molecule is O=[N+]([O-])/C=C1/COCCN1Cc1ccc(F)cc1. The molecule has 1 saturated heterocycles. The molecule has 0 spiro atoms. The van der Waals surface area contributed by atoms with Gasteiger partial charge < -0.3 is 9.64 Å². The van der Waals surface area contributed by atoms with Crippen molar-refractivity contribution < 1.29 is 14.1 Å². The van der Waals surface area contributed by atoms with Crippen LogP contribution in [0.1, 0.15) is 5.56 Å². The Morgan fingerprint density at radius 3 is 2.83 bits per heavy atom. The monoisotopic (exact) mass is 252 g/mol. The van der Waals surface area contributed by atoms with Gasteiger partial charge in [0.15, 0.2) is 0 Å². The summed E-state index contributed by atoms with van der Waals surface area (Å²) in [5, 5.41) is 10.5. The van der Waals surface area contributed by atoms with E-state index in [9.17, 15) is 14.5 Å².